The van der Waals surface area contributed by atoms with Crippen LogP contribution in [0.3, 0.4) is 0 Å². The molecule has 0 atom stereocenters. The molecule has 0 aliphatic carbocycles. The van der Waals surface area contributed by atoms with Crippen molar-refractivity contribution in [2.45, 2.75) is 40.2 Å². The Morgan fingerprint density at radius 2 is 1.66 bits per heavy atom. The molecule has 0 saturated carbocycles. The van der Waals surface area contributed by atoms with Crippen LogP contribution in [0.4, 0.5) is 13.6 Å². The lowest BCUT2D eigenvalue weighted by atomic mass is 10.1. The van der Waals surface area contributed by atoms with E-state index >= 15 is 0 Å². The molecule has 1 heterocycles. The molecule has 0 bridgehead atoms. The van der Waals surface area contributed by atoms with E-state index in [1.54, 1.807) is 23.2 Å². The lowest BCUT2D eigenvalue weighted by Crippen LogP contribution is -2.45. The second kappa shape index (κ2) is 10.6. The zero-order valence-electron chi connectivity index (χ0n) is 17.2. The highest BCUT2D eigenvalue weighted by atomic mass is 19.1. The molecule has 0 saturated heterocycles. The van der Waals surface area contributed by atoms with E-state index in [0.29, 0.717) is 24.4 Å². The maximum Gasteiger partial charge on any atom is 0.324 e. The van der Waals surface area contributed by atoms with Gasteiger partial charge in [0.2, 0.25) is 0 Å². The van der Waals surface area contributed by atoms with Crippen LogP contribution in [-0.2, 0) is 6.54 Å². The van der Waals surface area contributed by atoms with Crippen LogP contribution in [0.25, 0.3) is 0 Å². The second-order valence-corrected chi connectivity index (χ2v) is 7.09. The molecule has 0 radical (unpaired) electrons. The molecule has 29 heavy (non-hydrogen) atoms. The first-order valence-corrected chi connectivity index (χ1v) is 9.78. The first-order valence-electron chi connectivity index (χ1n) is 9.78. The summed E-state index contributed by atoms with van der Waals surface area (Å²) < 4.78 is 26.5. The van der Waals surface area contributed by atoms with Gasteiger partial charge in [-0.3, -0.25) is 4.90 Å². The summed E-state index contributed by atoms with van der Waals surface area (Å²) in [6.07, 6.45) is 3.53. The summed E-state index contributed by atoms with van der Waals surface area (Å²) in [6.45, 7) is 7.54. The van der Waals surface area contributed by atoms with E-state index in [9.17, 15) is 13.6 Å². The molecule has 0 unspecified atom stereocenters. The van der Waals surface area contributed by atoms with Crippen LogP contribution >= 0.6 is 0 Å². The van der Waals surface area contributed by atoms with Gasteiger partial charge in [-0.05, 0) is 55.2 Å². The zero-order chi connectivity index (χ0) is 21.4. The first kappa shape index (κ1) is 22.4. The van der Waals surface area contributed by atoms with Crippen molar-refractivity contribution in [1.82, 2.24) is 9.80 Å². The minimum atomic E-state index is -0.625. The fourth-order valence-corrected chi connectivity index (χ4v) is 3.02. The Labute approximate surface area is 171 Å². The Hall–Kier alpha value is -2.89. The van der Waals surface area contributed by atoms with Crippen molar-refractivity contribution in [3.8, 4) is 5.75 Å². The largest absolute Gasteiger partial charge is 0.508 e. The monoisotopic (exact) mass is 402 g/mol. The van der Waals surface area contributed by atoms with Crippen molar-refractivity contribution in [2.24, 2.45) is 0 Å². The molecule has 3 rings (SSSR count). The lowest BCUT2D eigenvalue weighted by molar-refractivity contribution is 0.163. The van der Waals surface area contributed by atoms with Gasteiger partial charge in [-0.15, -0.1) is 0 Å². The fraction of sp³-hybridized carbons (Fsp3) is 0.348. The van der Waals surface area contributed by atoms with Gasteiger partial charge < -0.3 is 10.0 Å². The van der Waals surface area contributed by atoms with E-state index in [2.05, 4.69) is 0 Å². The van der Waals surface area contributed by atoms with Gasteiger partial charge >= 0.3 is 6.03 Å². The van der Waals surface area contributed by atoms with E-state index in [4.69, 9.17) is 5.11 Å². The number of hydrogen-bond donors (Lipinski definition) is 1. The Morgan fingerprint density at radius 3 is 2.17 bits per heavy atom. The number of nitrogens with zero attached hydrogens (tertiary/aromatic N) is 2. The number of benzene rings is 2. The number of aromatic hydroxyl groups is 1. The Bertz CT molecular complexity index is 809. The van der Waals surface area contributed by atoms with Gasteiger partial charge in [-0.1, -0.05) is 31.5 Å². The molecule has 2 amide bonds. The molecule has 2 aromatic rings. The van der Waals surface area contributed by atoms with E-state index in [-0.39, 0.29) is 12.6 Å². The topological polar surface area (TPSA) is 43.8 Å². The quantitative estimate of drug-likeness (QED) is 0.707. The average molecular weight is 402 g/mol. The van der Waals surface area contributed by atoms with E-state index in [1.165, 1.54) is 22.6 Å². The number of rotatable bonds is 5. The Balaban J connectivity index is 0.000000313. The number of phenolic OH excluding ortho intramolecular Hbond substituents is 1. The molecular formula is C23H28F2N2O2. The van der Waals surface area contributed by atoms with Crippen LogP contribution in [-0.4, -0.2) is 34.0 Å². The number of carbonyl (C=O) groups excluding carboxylic acids is 1. The van der Waals surface area contributed by atoms with Crippen LogP contribution in [0.15, 0.2) is 54.2 Å². The smallest absolute Gasteiger partial charge is 0.324 e. The average Bonchev–Trinajstić information content (AvgIpc) is 2.67. The van der Waals surface area contributed by atoms with E-state index < -0.39 is 11.6 Å². The normalized spacial score (nSPS) is 13.7. The standard InChI is InChI=1S/C16H20F2N2O.C7H8O/c1-3-5-19-9-12(4-2)10-20(16(19)21)11-13-6-14(17)8-15(18)7-13;1-6-2-4-7(8)5-3-6/h6-8,10H,3-5,9,11H2,1-2H3;2-5,8H,1H3. The summed E-state index contributed by atoms with van der Waals surface area (Å²) in [5.41, 5.74) is 2.76. The molecule has 6 heteroatoms. The van der Waals surface area contributed by atoms with Crippen molar-refractivity contribution < 1.29 is 18.7 Å². The minimum absolute atomic E-state index is 0.112. The Morgan fingerprint density at radius 1 is 1.03 bits per heavy atom. The summed E-state index contributed by atoms with van der Waals surface area (Å²) in [7, 11) is 0. The molecule has 1 aliphatic rings. The SMILES string of the molecule is CCCN1CC(CC)=CN(Cc2cc(F)cc(F)c2)C1=O.Cc1ccc(O)cc1. The molecule has 4 nitrogen and oxygen atoms in total. The first-order chi connectivity index (χ1) is 13.8. The predicted octanol–water partition coefficient (Wildman–Crippen LogP) is 5.61. The molecule has 1 N–H and O–H groups in total. The highest BCUT2D eigenvalue weighted by Gasteiger charge is 2.25. The fourth-order valence-electron chi connectivity index (χ4n) is 3.02. The summed E-state index contributed by atoms with van der Waals surface area (Å²) in [5.74, 6) is -0.922. The summed E-state index contributed by atoms with van der Waals surface area (Å²) >= 11 is 0. The Kier molecular flexibility index (Phi) is 8.19. The van der Waals surface area contributed by atoms with Gasteiger partial charge in [-0.2, -0.15) is 0 Å². The number of halogens is 2. The number of carbonyl (C=O) groups is 1. The van der Waals surface area contributed by atoms with Crippen molar-refractivity contribution in [3.63, 3.8) is 0 Å². The molecule has 2 aromatic carbocycles. The molecule has 0 fully saturated rings. The summed E-state index contributed by atoms with van der Waals surface area (Å²) in [5, 5.41) is 8.76. The third-order valence-electron chi connectivity index (χ3n) is 4.51. The van der Waals surface area contributed by atoms with Crippen molar-refractivity contribution in [3.05, 3.63) is 77.0 Å². The van der Waals surface area contributed by atoms with Gasteiger partial charge in [0.15, 0.2) is 0 Å². The number of hydrogen-bond acceptors (Lipinski definition) is 2. The maximum atomic E-state index is 13.3. The van der Waals surface area contributed by atoms with Gasteiger partial charge in [0.25, 0.3) is 0 Å². The molecular weight excluding hydrogens is 374 g/mol. The highest BCUT2D eigenvalue weighted by molar-refractivity contribution is 5.77. The highest BCUT2D eigenvalue weighted by Crippen LogP contribution is 2.19. The van der Waals surface area contributed by atoms with Crippen LogP contribution in [0.1, 0.15) is 37.8 Å². The molecule has 0 spiro atoms. The van der Waals surface area contributed by atoms with Crippen molar-refractivity contribution >= 4 is 6.03 Å². The zero-order valence-corrected chi connectivity index (χ0v) is 17.2. The van der Waals surface area contributed by atoms with Gasteiger partial charge in [0, 0.05) is 25.4 Å². The van der Waals surface area contributed by atoms with Gasteiger partial charge in [0.05, 0.1) is 6.54 Å². The molecule has 1 aliphatic heterocycles. The van der Waals surface area contributed by atoms with Gasteiger partial charge in [0.1, 0.15) is 17.4 Å². The summed E-state index contributed by atoms with van der Waals surface area (Å²) in [4.78, 5) is 15.7. The summed E-state index contributed by atoms with van der Waals surface area (Å²) in [6, 6.07) is 10.3. The molecule has 156 valence electrons. The minimum Gasteiger partial charge on any atom is -0.508 e. The van der Waals surface area contributed by atoms with Crippen LogP contribution in [0.2, 0.25) is 0 Å². The number of aryl methyl sites for hydroxylation is 1. The van der Waals surface area contributed by atoms with E-state index in [1.807, 2.05) is 32.9 Å². The van der Waals surface area contributed by atoms with Crippen molar-refractivity contribution in [1.29, 1.82) is 0 Å². The van der Waals surface area contributed by atoms with E-state index in [0.717, 1.165) is 24.5 Å². The third-order valence-corrected chi connectivity index (χ3v) is 4.51. The molecule has 0 aromatic heterocycles. The van der Waals surface area contributed by atoms with Gasteiger partial charge in [-0.25, -0.2) is 13.6 Å². The number of amides is 2. The van der Waals surface area contributed by atoms with Crippen LogP contribution < -0.4 is 0 Å². The lowest BCUT2D eigenvalue weighted by Gasteiger charge is -2.34. The van der Waals surface area contributed by atoms with Crippen molar-refractivity contribution in [2.75, 3.05) is 13.1 Å². The number of phenols is 1. The number of urea groups is 1. The predicted molar refractivity (Wildman–Crippen MR) is 110 cm³/mol. The van der Waals surface area contributed by atoms with Crippen LogP contribution in [0, 0.1) is 18.6 Å². The second-order valence-electron chi connectivity index (χ2n) is 7.09. The maximum absolute atomic E-state index is 13.3. The third kappa shape index (κ3) is 6.89. The van der Waals surface area contributed by atoms with Crippen LogP contribution in [0.5, 0.6) is 5.75 Å².